The number of anilines is 1. The van der Waals surface area contributed by atoms with E-state index in [0.717, 1.165) is 0 Å². The lowest BCUT2D eigenvalue weighted by Crippen LogP contribution is -2.48. The van der Waals surface area contributed by atoms with Crippen molar-refractivity contribution in [3.63, 3.8) is 0 Å². The number of amides is 2. The number of hydrogen-bond donors (Lipinski definition) is 1. The Labute approximate surface area is 191 Å². The number of aromatic nitrogens is 4. The standard InChI is InChI=1S/C22H18F2N6O4/c1-11-16(24)5-12(19-27-21(34-28-19)13-9-29(10-13)22(32)33-2)6-17(11)26-20(31)15-8-25-30-4-3-14(23)7-18(15)30/h3-8,13H,9-10H2,1-2H3,(H,26,31). The van der Waals surface area contributed by atoms with E-state index in [4.69, 9.17) is 4.52 Å². The van der Waals surface area contributed by atoms with Gasteiger partial charge in [0.2, 0.25) is 11.7 Å². The number of halogens is 2. The summed E-state index contributed by atoms with van der Waals surface area (Å²) in [6.45, 7) is 2.26. The molecular weight excluding hydrogens is 450 g/mol. The molecule has 1 fully saturated rings. The van der Waals surface area contributed by atoms with Crippen molar-refractivity contribution in [1.82, 2.24) is 24.7 Å². The minimum Gasteiger partial charge on any atom is -0.453 e. The van der Waals surface area contributed by atoms with Crippen LogP contribution in [0.1, 0.15) is 27.7 Å². The first-order chi connectivity index (χ1) is 16.3. The number of carbonyl (C=O) groups excluding carboxylic acids is 2. The molecule has 0 spiro atoms. The maximum absolute atomic E-state index is 14.7. The Morgan fingerprint density at radius 3 is 2.79 bits per heavy atom. The van der Waals surface area contributed by atoms with Crippen LogP contribution in [0.3, 0.4) is 0 Å². The van der Waals surface area contributed by atoms with E-state index in [2.05, 4.69) is 25.3 Å². The summed E-state index contributed by atoms with van der Waals surface area (Å²) in [6.07, 6.45) is 2.26. The molecule has 10 nitrogen and oxygen atoms in total. The van der Waals surface area contributed by atoms with Crippen LogP contribution >= 0.6 is 0 Å². The average molecular weight is 468 g/mol. The Morgan fingerprint density at radius 1 is 1.24 bits per heavy atom. The lowest BCUT2D eigenvalue weighted by atomic mass is 10.0. The van der Waals surface area contributed by atoms with E-state index in [1.807, 2.05) is 0 Å². The summed E-state index contributed by atoms with van der Waals surface area (Å²) in [5, 5.41) is 10.6. The van der Waals surface area contributed by atoms with Crippen molar-refractivity contribution in [3.05, 3.63) is 65.3 Å². The van der Waals surface area contributed by atoms with E-state index in [9.17, 15) is 18.4 Å². The first-order valence-electron chi connectivity index (χ1n) is 10.3. The summed E-state index contributed by atoms with van der Waals surface area (Å²) in [6, 6.07) is 5.18. The molecule has 3 aromatic heterocycles. The zero-order chi connectivity index (χ0) is 24.0. The Kier molecular flexibility index (Phi) is 5.19. The van der Waals surface area contributed by atoms with Crippen LogP contribution in [0.2, 0.25) is 0 Å². The molecule has 174 valence electrons. The van der Waals surface area contributed by atoms with E-state index in [1.165, 1.54) is 60.1 Å². The normalized spacial score (nSPS) is 13.7. The number of nitrogens with zero attached hydrogens (tertiary/aromatic N) is 5. The number of likely N-dealkylation sites (tertiary alicyclic amines) is 1. The quantitative estimate of drug-likeness (QED) is 0.488. The average Bonchev–Trinajstić information content (AvgIpc) is 3.42. The zero-order valence-electron chi connectivity index (χ0n) is 18.1. The molecule has 1 N–H and O–H groups in total. The maximum atomic E-state index is 14.7. The smallest absolute Gasteiger partial charge is 0.409 e. The highest BCUT2D eigenvalue weighted by molar-refractivity contribution is 6.09. The molecule has 1 saturated heterocycles. The van der Waals surface area contributed by atoms with Gasteiger partial charge in [-0.25, -0.2) is 18.1 Å². The number of hydrogen-bond acceptors (Lipinski definition) is 7. The molecule has 0 aliphatic carbocycles. The highest BCUT2D eigenvalue weighted by Crippen LogP contribution is 2.30. The van der Waals surface area contributed by atoms with Crippen LogP contribution in [0.4, 0.5) is 19.3 Å². The Balaban J connectivity index is 1.38. The van der Waals surface area contributed by atoms with Crippen LogP contribution in [-0.2, 0) is 4.74 Å². The van der Waals surface area contributed by atoms with Crippen LogP contribution in [0.15, 0.2) is 41.2 Å². The topological polar surface area (TPSA) is 115 Å². The summed E-state index contributed by atoms with van der Waals surface area (Å²) in [5.41, 5.74) is 1.10. The number of rotatable bonds is 4. The molecule has 4 heterocycles. The molecule has 1 aromatic carbocycles. The van der Waals surface area contributed by atoms with Crippen molar-refractivity contribution >= 4 is 23.2 Å². The number of benzene rings is 1. The largest absolute Gasteiger partial charge is 0.453 e. The third-order valence-electron chi connectivity index (χ3n) is 5.68. The number of fused-ring (bicyclic) bond motifs is 1. The lowest BCUT2D eigenvalue weighted by Gasteiger charge is -2.35. The zero-order valence-corrected chi connectivity index (χ0v) is 18.1. The highest BCUT2D eigenvalue weighted by atomic mass is 19.1. The molecular formula is C22H18F2N6O4. The van der Waals surface area contributed by atoms with Crippen LogP contribution < -0.4 is 5.32 Å². The molecule has 2 amide bonds. The van der Waals surface area contributed by atoms with E-state index in [1.54, 1.807) is 0 Å². The van der Waals surface area contributed by atoms with Crippen LogP contribution in [0.25, 0.3) is 16.9 Å². The number of methoxy groups -OCH3 is 1. The molecule has 1 aliphatic heterocycles. The van der Waals surface area contributed by atoms with Gasteiger partial charge in [-0.1, -0.05) is 5.16 Å². The summed E-state index contributed by atoms with van der Waals surface area (Å²) in [4.78, 5) is 30.2. The second-order valence-corrected chi connectivity index (χ2v) is 7.85. The summed E-state index contributed by atoms with van der Waals surface area (Å²) < 4.78 is 39.6. The van der Waals surface area contributed by atoms with Crippen molar-refractivity contribution in [2.45, 2.75) is 12.8 Å². The van der Waals surface area contributed by atoms with Gasteiger partial charge in [-0.05, 0) is 25.1 Å². The maximum Gasteiger partial charge on any atom is 0.409 e. The van der Waals surface area contributed by atoms with E-state index in [0.29, 0.717) is 24.5 Å². The third kappa shape index (κ3) is 3.72. The van der Waals surface area contributed by atoms with E-state index >= 15 is 0 Å². The van der Waals surface area contributed by atoms with Gasteiger partial charge in [0.25, 0.3) is 5.91 Å². The molecule has 34 heavy (non-hydrogen) atoms. The van der Waals surface area contributed by atoms with Gasteiger partial charge in [-0.2, -0.15) is 10.1 Å². The number of ether oxygens (including phenoxy) is 1. The lowest BCUT2D eigenvalue weighted by molar-refractivity contribution is 0.0804. The van der Waals surface area contributed by atoms with Gasteiger partial charge in [0.1, 0.15) is 11.6 Å². The number of carbonyl (C=O) groups is 2. The summed E-state index contributed by atoms with van der Waals surface area (Å²) in [5.74, 6) is -1.36. The fourth-order valence-corrected chi connectivity index (χ4v) is 3.69. The Hall–Kier alpha value is -4.35. The molecule has 5 rings (SSSR count). The SMILES string of the molecule is COC(=O)N1CC(c2nc(-c3cc(F)c(C)c(NC(=O)c4cnn5ccc(F)cc45)c3)no2)C1. The van der Waals surface area contributed by atoms with Gasteiger partial charge < -0.3 is 19.5 Å². The van der Waals surface area contributed by atoms with Crippen molar-refractivity contribution < 1.29 is 27.6 Å². The van der Waals surface area contributed by atoms with Crippen molar-refractivity contribution in [2.24, 2.45) is 0 Å². The van der Waals surface area contributed by atoms with Gasteiger partial charge in [-0.3, -0.25) is 4.79 Å². The van der Waals surface area contributed by atoms with Gasteiger partial charge in [0, 0.05) is 42.2 Å². The second-order valence-electron chi connectivity index (χ2n) is 7.85. The fraction of sp³-hybridized carbons (Fsp3) is 0.227. The Bertz CT molecular complexity index is 1430. The van der Waals surface area contributed by atoms with Crippen LogP contribution in [-0.4, -0.2) is 56.9 Å². The molecule has 0 bridgehead atoms. The van der Waals surface area contributed by atoms with E-state index < -0.39 is 23.6 Å². The molecule has 4 aromatic rings. The first-order valence-corrected chi connectivity index (χ1v) is 10.3. The van der Waals surface area contributed by atoms with Crippen LogP contribution in [0.5, 0.6) is 0 Å². The molecule has 0 radical (unpaired) electrons. The summed E-state index contributed by atoms with van der Waals surface area (Å²) in [7, 11) is 1.30. The van der Waals surface area contributed by atoms with Gasteiger partial charge in [-0.15, -0.1) is 0 Å². The van der Waals surface area contributed by atoms with Gasteiger partial charge in [0.05, 0.1) is 30.3 Å². The number of nitrogens with one attached hydrogen (secondary N) is 1. The summed E-state index contributed by atoms with van der Waals surface area (Å²) >= 11 is 0. The second kappa shape index (κ2) is 8.21. The third-order valence-corrected chi connectivity index (χ3v) is 5.68. The predicted molar refractivity (Wildman–Crippen MR) is 114 cm³/mol. The fourth-order valence-electron chi connectivity index (χ4n) is 3.69. The molecule has 0 saturated carbocycles. The monoisotopic (exact) mass is 468 g/mol. The molecule has 0 unspecified atom stereocenters. The van der Waals surface area contributed by atoms with Gasteiger partial charge >= 0.3 is 6.09 Å². The van der Waals surface area contributed by atoms with Crippen LogP contribution in [0, 0.1) is 18.6 Å². The minimum absolute atomic E-state index is 0.131. The van der Waals surface area contributed by atoms with Gasteiger partial charge in [0.15, 0.2) is 0 Å². The minimum atomic E-state index is -0.578. The van der Waals surface area contributed by atoms with E-state index in [-0.39, 0.29) is 34.1 Å². The Morgan fingerprint density at radius 2 is 2.03 bits per heavy atom. The molecule has 1 aliphatic rings. The molecule has 0 atom stereocenters. The molecule has 12 heteroatoms. The van der Waals surface area contributed by atoms with Crippen molar-refractivity contribution in [2.75, 3.05) is 25.5 Å². The number of pyridine rings is 1. The first kappa shape index (κ1) is 21.5. The predicted octanol–water partition coefficient (Wildman–Crippen LogP) is 3.39. The highest BCUT2D eigenvalue weighted by Gasteiger charge is 2.36. The van der Waals surface area contributed by atoms with Crippen molar-refractivity contribution in [1.29, 1.82) is 0 Å². The van der Waals surface area contributed by atoms with Crippen molar-refractivity contribution in [3.8, 4) is 11.4 Å².